The van der Waals surface area contributed by atoms with Gasteiger partial charge < -0.3 is 10.6 Å². The average Bonchev–Trinajstić information content (AvgIpc) is 2.52. The monoisotopic (exact) mass is 363 g/mol. The summed E-state index contributed by atoms with van der Waals surface area (Å²) in [6.07, 6.45) is 3.73. The number of nitrogens with one attached hydrogen (secondary N) is 2. The summed E-state index contributed by atoms with van der Waals surface area (Å²) in [5.41, 5.74) is 2.07. The summed E-state index contributed by atoms with van der Waals surface area (Å²) in [6, 6.07) is 10.7. The van der Waals surface area contributed by atoms with E-state index >= 15 is 0 Å². The van der Waals surface area contributed by atoms with Crippen LogP contribution in [-0.4, -0.2) is 24.8 Å². The van der Waals surface area contributed by atoms with Crippen LogP contribution in [-0.2, 0) is 9.84 Å². The molecule has 7 heteroatoms. The van der Waals surface area contributed by atoms with Gasteiger partial charge in [0.05, 0.1) is 10.9 Å². The van der Waals surface area contributed by atoms with Crippen molar-refractivity contribution in [3.8, 4) is 0 Å². The van der Waals surface area contributed by atoms with Gasteiger partial charge >= 0.3 is 0 Å². The molecule has 1 aromatic heterocycles. The molecule has 128 valence electrons. The van der Waals surface area contributed by atoms with E-state index in [1.54, 1.807) is 18.3 Å². The van der Waals surface area contributed by atoms with Crippen molar-refractivity contribution in [2.75, 3.05) is 11.6 Å². The lowest BCUT2D eigenvalue weighted by Gasteiger charge is -2.20. The largest absolute Gasteiger partial charge is 0.356 e. The first kappa shape index (κ1) is 18.4. The highest BCUT2D eigenvalue weighted by Gasteiger charge is 2.13. The predicted octanol–water partition coefficient (Wildman–Crippen LogP) is 3.23. The van der Waals surface area contributed by atoms with Gasteiger partial charge in [0, 0.05) is 12.5 Å². The molecule has 1 aromatic carbocycles. The standard InChI is InChI=1S/C17H21N3O2S2/c1-4-15(13-5-7-14(8-6-13)24(3,21)22)19-17(23)20-16-11-12(2)9-10-18-16/h5-11,15H,4H2,1-3H3,(H2,18,19,20,23)/t15-/m1/s1. The number of hydrogen-bond donors (Lipinski definition) is 2. The van der Waals surface area contributed by atoms with Gasteiger partial charge in [0.2, 0.25) is 0 Å². The van der Waals surface area contributed by atoms with Crippen LogP contribution < -0.4 is 10.6 Å². The Balaban J connectivity index is 2.07. The Morgan fingerprint density at radius 3 is 2.46 bits per heavy atom. The molecule has 2 aromatic rings. The topological polar surface area (TPSA) is 71.1 Å². The fourth-order valence-electron chi connectivity index (χ4n) is 2.28. The van der Waals surface area contributed by atoms with Gasteiger partial charge in [0.15, 0.2) is 14.9 Å². The number of anilines is 1. The van der Waals surface area contributed by atoms with Gasteiger partial charge in [-0.15, -0.1) is 0 Å². The highest BCUT2D eigenvalue weighted by Crippen LogP contribution is 2.19. The first-order chi connectivity index (χ1) is 11.3. The van der Waals surface area contributed by atoms with Crippen molar-refractivity contribution in [1.29, 1.82) is 0 Å². The molecule has 1 heterocycles. The van der Waals surface area contributed by atoms with Gasteiger partial charge in [-0.3, -0.25) is 0 Å². The number of nitrogens with zero attached hydrogens (tertiary/aromatic N) is 1. The van der Waals surface area contributed by atoms with Crippen LogP contribution in [0.3, 0.4) is 0 Å². The van der Waals surface area contributed by atoms with Crippen LogP contribution in [0, 0.1) is 6.92 Å². The third-order valence-electron chi connectivity index (χ3n) is 3.58. The van der Waals surface area contributed by atoms with Gasteiger partial charge in [-0.05, 0) is 61.0 Å². The van der Waals surface area contributed by atoms with E-state index in [0.717, 1.165) is 17.5 Å². The zero-order valence-corrected chi connectivity index (χ0v) is 15.5. The number of hydrogen-bond acceptors (Lipinski definition) is 4. The zero-order valence-electron chi connectivity index (χ0n) is 13.9. The van der Waals surface area contributed by atoms with Crippen LogP contribution >= 0.6 is 12.2 Å². The fourth-order valence-corrected chi connectivity index (χ4v) is 3.16. The van der Waals surface area contributed by atoms with Gasteiger partial charge in [-0.25, -0.2) is 13.4 Å². The quantitative estimate of drug-likeness (QED) is 0.795. The molecule has 2 rings (SSSR count). The van der Waals surface area contributed by atoms with Crippen LogP contribution in [0.4, 0.5) is 5.82 Å². The number of sulfone groups is 1. The molecule has 0 amide bonds. The minimum absolute atomic E-state index is 0.0107. The van der Waals surface area contributed by atoms with E-state index in [4.69, 9.17) is 12.2 Å². The van der Waals surface area contributed by atoms with Crippen LogP contribution in [0.5, 0.6) is 0 Å². The molecule has 0 aliphatic carbocycles. The number of thiocarbonyl (C=S) groups is 1. The van der Waals surface area contributed by atoms with Crippen molar-refractivity contribution >= 4 is 33.0 Å². The number of rotatable bonds is 5. The van der Waals surface area contributed by atoms with E-state index in [0.29, 0.717) is 15.8 Å². The number of aryl methyl sites for hydroxylation is 1. The minimum Gasteiger partial charge on any atom is -0.356 e. The molecule has 0 radical (unpaired) electrons. The highest BCUT2D eigenvalue weighted by atomic mass is 32.2. The lowest BCUT2D eigenvalue weighted by molar-refractivity contribution is 0.601. The molecule has 0 aliphatic rings. The Hall–Kier alpha value is -1.99. The second kappa shape index (κ2) is 7.72. The van der Waals surface area contributed by atoms with Gasteiger partial charge in [-0.2, -0.15) is 0 Å². The van der Waals surface area contributed by atoms with Crippen LogP contribution in [0.1, 0.15) is 30.5 Å². The van der Waals surface area contributed by atoms with Crippen LogP contribution in [0.25, 0.3) is 0 Å². The molecule has 0 aliphatic heterocycles. The maximum absolute atomic E-state index is 11.5. The van der Waals surface area contributed by atoms with Gasteiger partial charge in [0.1, 0.15) is 5.82 Å². The van der Waals surface area contributed by atoms with Gasteiger partial charge in [0.25, 0.3) is 0 Å². The Morgan fingerprint density at radius 1 is 1.25 bits per heavy atom. The highest BCUT2D eigenvalue weighted by molar-refractivity contribution is 7.90. The maximum Gasteiger partial charge on any atom is 0.175 e. The summed E-state index contributed by atoms with van der Waals surface area (Å²) in [5.74, 6) is 0.690. The van der Waals surface area contributed by atoms with E-state index in [1.165, 1.54) is 6.26 Å². The summed E-state index contributed by atoms with van der Waals surface area (Å²) in [5, 5.41) is 6.79. The molecule has 0 saturated carbocycles. The summed E-state index contributed by atoms with van der Waals surface area (Å²) < 4.78 is 23.1. The van der Waals surface area contributed by atoms with E-state index < -0.39 is 9.84 Å². The molecule has 2 N–H and O–H groups in total. The number of benzene rings is 1. The third kappa shape index (κ3) is 5.01. The Morgan fingerprint density at radius 2 is 1.92 bits per heavy atom. The molecule has 0 spiro atoms. The van der Waals surface area contributed by atoms with E-state index in [-0.39, 0.29) is 6.04 Å². The molecule has 0 fully saturated rings. The molecular weight excluding hydrogens is 342 g/mol. The minimum atomic E-state index is -3.19. The molecular formula is C17H21N3O2S2. The second-order valence-corrected chi connectivity index (χ2v) is 8.04. The molecule has 0 saturated heterocycles. The van der Waals surface area contributed by atoms with Crippen molar-refractivity contribution in [3.05, 3.63) is 53.7 Å². The maximum atomic E-state index is 11.5. The SMILES string of the molecule is CC[C@@H](NC(=S)Nc1cc(C)ccn1)c1ccc(S(C)(=O)=O)cc1. The van der Waals surface area contributed by atoms with Crippen molar-refractivity contribution in [2.45, 2.75) is 31.2 Å². The molecule has 0 bridgehead atoms. The molecule has 0 unspecified atom stereocenters. The first-order valence-corrected chi connectivity index (χ1v) is 9.89. The normalized spacial score (nSPS) is 12.5. The van der Waals surface area contributed by atoms with Crippen LogP contribution in [0.2, 0.25) is 0 Å². The van der Waals surface area contributed by atoms with Crippen molar-refractivity contribution in [1.82, 2.24) is 10.3 Å². The summed E-state index contributed by atoms with van der Waals surface area (Å²) in [4.78, 5) is 4.53. The second-order valence-electron chi connectivity index (χ2n) is 5.62. The fraction of sp³-hybridized carbons (Fsp3) is 0.294. The smallest absolute Gasteiger partial charge is 0.175 e. The Kier molecular flexibility index (Phi) is 5.90. The zero-order chi connectivity index (χ0) is 17.7. The summed E-state index contributed by atoms with van der Waals surface area (Å²) in [6.45, 7) is 4.02. The Labute approximate surface area is 148 Å². The molecule has 1 atom stereocenters. The van der Waals surface area contributed by atoms with Gasteiger partial charge in [-0.1, -0.05) is 19.1 Å². The first-order valence-electron chi connectivity index (χ1n) is 7.60. The molecule has 24 heavy (non-hydrogen) atoms. The van der Waals surface area contributed by atoms with Crippen molar-refractivity contribution in [3.63, 3.8) is 0 Å². The van der Waals surface area contributed by atoms with Crippen molar-refractivity contribution in [2.24, 2.45) is 0 Å². The Bertz CT molecular complexity index is 818. The number of pyridine rings is 1. The average molecular weight is 364 g/mol. The van der Waals surface area contributed by atoms with E-state index in [9.17, 15) is 8.42 Å². The number of aromatic nitrogens is 1. The summed E-state index contributed by atoms with van der Waals surface area (Å²) >= 11 is 5.35. The third-order valence-corrected chi connectivity index (χ3v) is 4.93. The van der Waals surface area contributed by atoms with E-state index in [1.807, 2.05) is 38.1 Å². The van der Waals surface area contributed by atoms with E-state index in [2.05, 4.69) is 15.6 Å². The lowest BCUT2D eigenvalue weighted by Crippen LogP contribution is -2.32. The van der Waals surface area contributed by atoms with Crippen molar-refractivity contribution < 1.29 is 8.42 Å². The lowest BCUT2D eigenvalue weighted by atomic mass is 10.1. The molecule has 5 nitrogen and oxygen atoms in total. The summed E-state index contributed by atoms with van der Waals surface area (Å²) in [7, 11) is -3.19. The van der Waals surface area contributed by atoms with Crippen LogP contribution in [0.15, 0.2) is 47.5 Å². The predicted molar refractivity (Wildman–Crippen MR) is 101 cm³/mol.